The first kappa shape index (κ1) is 21.1. The molecule has 0 radical (unpaired) electrons. The number of ether oxygens (including phenoxy) is 3. The fraction of sp³-hybridized carbons (Fsp3) is 0.409. The number of nitrogens with zero attached hydrogens (tertiary/aromatic N) is 1. The quantitative estimate of drug-likeness (QED) is 0.731. The molecule has 0 aliphatic carbocycles. The normalized spacial score (nSPS) is 16.1. The summed E-state index contributed by atoms with van der Waals surface area (Å²) in [5, 5.41) is 3.76. The minimum atomic E-state index is -0.135. The zero-order chi connectivity index (χ0) is 21.0. The Labute approximate surface area is 176 Å². The van der Waals surface area contributed by atoms with Gasteiger partial charge in [0.15, 0.2) is 11.5 Å². The third-order valence-corrected chi connectivity index (χ3v) is 5.03. The van der Waals surface area contributed by atoms with E-state index in [0.29, 0.717) is 28.6 Å². The summed E-state index contributed by atoms with van der Waals surface area (Å²) in [4.78, 5) is 14.9. The predicted molar refractivity (Wildman–Crippen MR) is 115 cm³/mol. The van der Waals surface area contributed by atoms with E-state index in [1.165, 1.54) is 0 Å². The number of nitrogens with one attached hydrogen (secondary N) is 1. The molecular formula is C22H27ClN2O4. The monoisotopic (exact) mass is 418 g/mol. The molecule has 29 heavy (non-hydrogen) atoms. The fourth-order valence-electron chi connectivity index (χ4n) is 3.44. The number of benzene rings is 2. The van der Waals surface area contributed by atoms with Crippen molar-refractivity contribution >= 4 is 23.2 Å². The molecule has 1 unspecified atom stereocenters. The largest absolute Gasteiger partial charge is 0.495 e. The van der Waals surface area contributed by atoms with Crippen LogP contribution in [0, 0.1) is 0 Å². The average molecular weight is 419 g/mol. The number of carbonyl (C=O) groups is 1. The van der Waals surface area contributed by atoms with Crippen molar-refractivity contribution in [1.29, 1.82) is 0 Å². The van der Waals surface area contributed by atoms with Crippen LogP contribution in [0.15, 0.2) is 36.4 Å². The first-order chi connectivity index (χ1) is 13.9. The molecule has 0 spiro atoms. The van der Waals surface area contributed by atoms with Crippen molar-refractivity contribution in [3.63, 3.8) is 0 Å². The Morgan fingerprint density at radius 1 is 1.10 bits per heavy atom. The maximum atomic E-state index is 12.8. The number of amides is 1. The van der Waals surface area contributed by atoms with Gasteiger partial charge in [-0.15, -0.1) is 0 Å². The van der Waals surface area contributed by atoms with Crippen LogP contribution in [0.3, 0.4) is 0 Å². The van der Waals surface area contributed by atoms with Gasteiger partial charge in [0.25, 0.3) is 5.91 Å². The number of hydrogen-bond donors (Lipinski definition) is 1. The molecule has 7 heteroatoms. The zero-order valence-electron chi connectivity index (χ0n) is 17.2. The predicted octanol–water partition coefficient (Wildman–Crippen LogP) is 4.15. The molecule has 1 fully saturated rings. The molecule has 1 aliphatic heterocycles. The zero-order valence-corrected chi connectivity index (χ0v) is 18.0. The molecule has 6 nitrogen and oxygen atoms in total. The number of halogens is 1. The molecular weight excluding hydrogens is 392 g/mol. The van der Waals surface area contributed by atoms with E-state index in [-0.39, 0.29) is 18.1 Å². The van der Waals surface area contributed by atoms with Crippen molar-refractivity contribution in [3.05, 3.63) is 47.0 Å². The van der Waals surface area contributed by atoms with Gasteiger partial charge in [0.1, 0.15) is 5.75 Å². The van der Waals surface area contributed by atoms with E-state index in [0.717, 1.165) is 24.4 Å². The highest BCUT2D eigenvalue weighted by molar-refractivity contribution is 6.30. The molecule has 1 heterocycles. The van der Waals surface area contributed by atoms with Crippen LogP contribution >= 0.6 is 11.6 Å². The van der Waals surface area contributed by atoms with E-state index in [9.17, 15) is 4.79 Å². The lowest BCUT2D eigenvalue weighted by atomic mass is 10.1. The van der Waals surface area contributed by atoms with Crippen molar-refractivity contribution < 1.29 is 19.0 Å². The van der Waals surface area contributed by atoms with Crippen molar-refractivity contribution in [1.82, 2.24) is 5.32 Å². The van der Waals surface area contributed by atoms with Gasteiger partial charge in [-0.25, -0.2) is 0 Å². The summed E-state index contributed by atoms with van der Waals surface area (Å²) < 4.78 is 16.5. The highest BCUT2D eigenvalue weighted by atomic mass is 35.5. The number of anilines is 1. The van der Waals surface area contributed by atoms with E-state index < -0.39 is 0 Å². The third kappa shape index (κ3) is 5.07. The summed E-state index contributed by atoms with van der Waals surface area (Å²) >= 11 is 6.15. The van der Waals surface area contributed by atoms with Gasteiger partial charge >= 0.3 is 0 Å². The van der Waals surface area contributed by atoms with Crippen molar-refractivity contribution in [2.45, 2.75) is 32.4 Å². The smallest absolute Gasteiger partial charge is 0.251 e. The number of carbonyl (C=O) groups excluding carboxylic acids is 1. The Bertz CT molecular complexity index is 872. The number of methoxy groups -OCH3 is 2. The minimum Gasteiger partial charge on any atom is -0.495 e. The van der Waals surface area contributed by atoms with Gasteiger partial charge in [-0.3, -0.25) is 4.79 Å². The second kappa shape index (κ2) is 9.27. The molecule has 2 aromatic rings. The van der Waals surface area contributed by atoms with E-state index >= 15 is 0 Å². The van der Waals surface area contributed by atoms with Gasteiger partial charge in [0.05, 0.1) is 26.0 Å². The van der Waals surface area contributed by atoms with Crippen LogP contribution in [0.5, 0.6) is 17.2 Å². The average Bonchev–Trinajstić information content (AvgIpc) is 3.16. The van der Waals surface area contributed by atoms with Gasteiger partial charge in [-0.2, -0.15) is 0 Å². The second-order valence-electron chi connectivity index (χ2n) is 7.25. The summed E-state index contributed by atoms with van der Waals surface area (Å²) in [7, 11) is 3.21. The molecule has 0 saturated carbocycles. The summed E-state index contributed by atoms with van der Waals surface area (Å²) in [6.07, 6.45) is 0.865. The minimum absolute atomic E-state index is 0.0246. The molecule has 0 bridgehead atoms. The van der Waals surface area contributed by atoms with Gasteiger partial charge in [0, 0.05) is 29.7 Å². The number of rotatable bonds is 7. The van der Waals surface area contributed by atoms with E-state index in [1.54, 1.807) is 38.5 Å². The summed E-state index contributed by atoms with van der Waals surface area (Å²) in [6.45, 7) is 5.39. The highest BCUT2D eigenvalue weighted by Crippen LogP contribution is 2.33. The van der Waals surface area contributed by atoms with Crippen LogP contribution in [0.25, 0.3) is 0 Å². The molecule has 1 aliphatic rings. The summed E-state index contributed by atoms with van der Waals surface area (Å²) in [5.74, 6) is 1.80. The molecule has 1 N–H and O–H groups in total. The van der Waals surface area contributed by atoms with Gasteiger partial charge < -0.3 is 24.4 Å². The first-order valence-corrected chi connectivity index (χ1v) is 10.0. The topological polar surface area (TPSA) is 60.0 Å². The van der Waals surface area contributed by atoms with Crippen LogP contribution in [0.1, 0.15) is 30.6 Å². The maximum Gasteiger partial charge on any atom is 0.251 e. The molecule has 156 valence electrons. The summed E-state index contributed by atoms with van der Waals surface area (Å²) in [5.41, 5.74) is 1.48. The SMILES string of the molecule is COc1cc(C(=O)NC2CCN(c3cc(Cl)ccc3OC)C2)ccc1OC(C)C. The Morgan fingerprint density at radius 2 is 1.83 bits per heavy atom. The van der Waals surface area contributed by atoms with Crippen LogP contribution in [-0.4, -0.2) is 45.4 Å². The lowest BCUT2D eigenvalue weighted by molar-refractivity contribution is 0.0940. The molecule has 2 aromatic carbocycles. The van der Waals surface area contributed by atoms with Gasteiger partial charge in [0.2, 0.25) is 0 Å². The van der Waals surface area contributed by atoms with Crippen molar-refractivity contribution in [3.8, 4) is 17.2 Å². The molecule has 1 saturated heterocycles. The van der Waals surface area contributed by atoms with E-state index in [4.69, 9.17) is 25.8 Å². The van der Waals surface area contributed by atoms with Crippen LogP contribution in [-0.2, 0) is 0 Å². The Balaban J connectivity index is 1.67. The Hall–Kier alpha value is -2.60. The second-order valence-corrected chi connectivity index (χ2v) is 7.69. The van der Waals surface area contributed by atoms with Crippen LogP contribution < -0.4 is 24.4 Å². The van der Waals surface area contributed by atoms with E-state index in [1.807, 2.05) is 26.0 Å². The molecule has 1 amide bonds. The molecule has 3 rings (SSSR count). The van der Waals surface area contributed by atoms with Crippen LogP contribution in [0.2, 0.25) is 5.02 Å². The lowest BCUT2D eigenvalue weighted by Crippen LogP contribution is -2.37. The maximum absolute atomic E-state index is 12.8. The van der Waals surface area contributed by atoms with Crippen molar-refractivity contribution in [2.24, 2.45) is 0 Å². The highest BCUT2D eigenvalue weighted by Gasteiger charge is 2.26. The first-order valence-electron chi connectivity index (χ1n) is 9.65. The van der Waals surface area contributed by atoms with E-state index in [2.05, 4.69) is 10.2 Å². The number of hydrogen-bond acceptors (Lipinski definition) is 5. The fourth-order valence-corrected chi connectivity index (χ4v) is 3.60. The molecule has 1 atom stereocenters. The Morgan fingerprint density at radius 3 is 2.52 bits per heavy atom. The third-order valence-electron chi connectivity index (χ3n) is 4.79. The standard InChI is InChI=1S/C22H27ClN2O4/c1-14(2)29-20-7-5-15(11-21(20)28-4)22(26)24-17-9-10-25(13-17)18-12-16(23)6-8-19(18)27-3/h5-8,11-12,14,17H,9-10,13H2,1-4H3,(H,24,26). The molecule has 0 aromatic heterocycles. The lowest BCUT2D eigenvalue weighted by Gasteiger charge is -2.22. The van der Waals surface area contributed by atoms with Gasteiger partial charge in [-0.05, 0) is 56.7 Å². The van der Waals surface area contributed by atoms with Crippen LogP contribution in [0.4, 0.5) is 5.69 Å². The van der Waals surface area contributed by atoms with Crippen molar-refractivity contribution in [2.75, 3.05) is 32.2 Å². The Kier molecular flexibility index (Phi) is 6.75. The summed E-state index contributed by atoms with van der Waals surface area (Å²) in [6, 6.07) is 10.8. The van der Waals surface area contributed by atoms with Gasteiger partial charge in [-0.1, -0.05) is 11.6 Å².